The van der Waals surface area contributed by atoms with Crippen molar-refractivity contribution in [2.45, 2.75) is 26.7 Å². The van der Waals surface area contributed by atoms with E-state index in [0.717, 1.165) is 40.8 Å². The number of carbonyl (C=O) groups is 1. The number of hydrogen-bond donors (Lipinski definition) is 1. The van der Waals surface area contributed by atoms with Gasteiger partial charge in [0.05, 0.1) is 5.71 Å². The molecule has 0 fully saturated rings. The maximum atomic E-state index is 13.2. The van der Waals surface area contributed by atoms with Crippen molar-refractivity contribution in [3.05, 3.63) is 59.4 Å². The number of rotatable bonds is 6. The van der Waals surface area contributed by atoms with Crippen molar-refractivity contribution in [1.82, 2.24) is 5.43 Å². The third kappa shape index (κ3) is 3.79. The van der Waals surface area contributed by atoms with Gasteiger partial charge < -0.3 is 0 Å². The highest BCUT2D eigenvalue weighted by atomic mass is 19.1. The first-order valence-electron chi connectivity index (χ1n) is 7.28. The first-order valence-corrected chi connectivity index (χ1v) is 7.28. The van der Waals surface area contributed by atoms with Crippen LogP contribution in [-0.4, -0.2) is 12.1 Å². The summed E-state index contributed by atoms with van der Waals surface area (Å²) in [5.74, 6) is -0.227. The third-order valence-corrected chi connectivity index (χ3v) is 3.46. The molecule has 0 spiro atoms. The molecule has 0 aliphatic rings. The number of hydrogen-bond acceptors (Lipinski definition) is 2. The van der Waals surface area contributed by atoms with Crippen LogP contribution in [-0.2, 0) is 4.79 Å². The maximum Gasteiger partial charge on any atom is 0.227 e. The van der Waals surface area contributed by atoms with Gasteiger partial charge in [-0.05, 0) is 47.7 Å². The minimum absolute atomic E-state index is 0.227. The van der Waals surface area contributed by atoms with Crippen molar-refractivity contribution < 1.29 is 9.18 Å². The van der Waals surface area contributed by atoms with Gasteiger partial charge in [-0.3, -0.25) is 4.79 Å². The Morgan fingerprint density at radius 1 is 1.23 bits per heavy atom. The molecule has 2 rings (SSSR count). The van der Waals surface area contributed by atoms with Crippen molar-refractivity contribution >= 4 is 12.1 Å². The molecule has 0 saturated carbocycles. The summed E-state index contributed by atoms with van der Waals surface area (Å²) in [5, 5.41) is 4.08. The van der Waals surface area contributed by atoms with Crippen LogP contribution in [0.5, 0.6) is 0 Å². The summed E-state index contributed by atoms with van der Waals surface area (Å²) in [6.07, 6.45) is 2.29. The van der Waals surface area contributed by atoms with E-state index >= 15 is 0 Å². The van der Waals surface area contributed by atoms with Gasteiger partial charge in [0, 0.05) is 0 Å². The van der Waals surface area contributed by atoms with E-state index in [1.807, 2.05) is 31.2 Å². The van der Waals surface area contributed by atoms with Crippen molar-refractivity contribution in [2.75, 3.05) is 0 Å². The summed E-state index contributed by atoms with van der Waals surface area (Å²) < 4.78 is 13.2. The van der Waals surface area contributed by atoms with Gasteiger partial charge in [0.1, 0.15) is 5.82 Å². The molecule has 0 aromatic heterocycles. The van der Waals surface area contributed by atoms with Crippen molar-refractivity contribution in [3.8, 4) is 11.1 Å². The zero-order chi connectivity index (χ0) is 15.9. The number of benzene rings is 2. The summed E-state index contributed by atoms with van der Waals surface area (Å²) in [4.78, 5) is 10.4. The van der Waals surface area contributed by atoms with E-state index in [4.69, 9.17) is 0 Å². The van der Waals surface area contributed by atoms with Crippen molar-refractivity contribution in [1.29, 1.82) is 0 Å². The molecule has 2 aromatic rings. The van der Waals surface area contributed by atoms with E-state index < -0.39 is 0 Å². The number of halogens is 1. The van der Waals surface area contributed by atoms with E-state index in [1.165, 1.54) is 12.1 Å². The standard InChI is InChI=1S/C18H19FN2O/c1-3-4-18(21-20-12-22)15-7-5-14(6-8-15)17-10-9-16(19)11-13(17)2/h5-12H,3-4H2,1-2H3,(H,20,22)/b21-18+. The summed E-state index contributed by atoms with van der Waals surface area (Å²) in [6, 6.07) is 12.7. The van der Waals surface area contributed by atoms with Crippen LogP contribution in [0, 0.1) is 12.7 Å². The lowest BCUT2D eigenvalue weighted by molar-refractivity contribution is -0.109. The molecule has 1 N–H and O–H groups in total. The van der Waals surface area contributed by atoms with Gasteiger partial charge in [-0.25, -0.2) is 9.82 Å². The van der Waals surface area contributed by atoms with Gasteiger partial charge in [0.2, 0.25) is 6.41 Å². The predicted octanol–water partition coefficient (Wildman–Crippen LogP) is 4.05. The van der Waals surface area contributed by atoms with E-state index in [1.54, 1.807) is 6.07 Å². The molecule has 2 aromatic carbocycles. The second-order valence-electron chi connectivity index (χ2n) is 5.09. The van der Waals surface area contributed by atoms with E-state index in [2.05, 4.69) is 17.5 Å². The van der Waals surface area contributed by atoms with E-state index in [-0.39, 0.29) is 5.82 Å². The smallest absolute Gasteiger partial charge is 0.227 e. The molecular formula is C18H19FN2O. The Morgan fingerprint density at radius 2 is 1.95 bits per heavy atom. The molecular weight excluding hydrogens is 279 g/mol. The second-order valence-corrected chi connectivity index (χ2v) is 5.09. The minimum Gasteiger partial charge on any atom is -0.277 e. The highest BCUT2D eigenvalue weighted by Gasteiger charge is 2.06. The number of nitrogens with one attached hydrogen (secondary N) is 1. The Hall–Kier alpha value is -2.49. The van der Waals surface area contributed by atoms with Crippen LogP contribution in [0.4, 0.5) is 4.39 Å². The quantitative estimate of drug-likeness (QED) is 0.488. The molecule has 0 atom stereocenters. The number of aryl methyl sites for hydroxylation is 1. The second kappa shape index (κ2) is 7.50. The molecule has 22 heavy (non-hydrogen) atoms. The zero-order valence-corrected chi connectivity index (χ0v) is 12.8. The molecule has 114 valence electrons. The van der Waals surface area contributed by atoms with Crippen LogP contribution < -0.4 is 5.43 Å². The SMILES string of the molecule is CCC/C(=N\NC=O)c1ccc(-c2ccc(F)cc2C)cc1. The fourth-order valence-electron chi connectivity index (χ4n) is 2.40. The number of hydrazone groups is 1. The minimum atomic E-state index is -0.227. The lowest BCUT2D eigenvalue weighted by Gasteiger charge is -2.09. The monoisotopic (exact) mass is 298 g/mol. The zero-order valence-electron chi connectivity index (χ0n) is 12.8. The fourth-order valence-corrected chi connectivity index (χ4v) is 2.40. The van der Waals surface area contributed by atoms with Crippen LogP contribution in [0.3, 0.4) is 0 Å². The van der Waals surface area contributed by atoms with Gasteiger partial charge in [-0.1, -0.05) is 43.7 Å². The highest BCUT2D eigenvalue weighted by molar-refractivity contribution is 6.01. The molecule has 0 unspecified atom stereocenters. The number of carbonyl (C=O) groups excluding carboxylic acids is 1. The highest BCUT2D eigenvalue weighted by Crippen LogP contribution is 2.24. The molecule has 0 aliphatic carbocycles. The van der Waals surface area contributed by atoms with Gasteiger partial charge >= 0.3 is 0 Å². The van der Waals surface area contributed by atoms with Gasteiger partial charge in [-0.2, -0.15) is 5.10 Å². The maximum absolute atomic E-state index is 13.2. The topological polar surface area (TPSA) is 41.5 Å². The average Bonchev–Trinajstić information content (AvgIpc) is 2.52. The molecule has 3 nitrogen and oxygen atoms in total. The molecule has 0 radical (unpaired) electrons. The van der Waals surface area contributed by atoms with Crippen LogP contribution in [0.1, 0.15) is 30.9 Å². The van der Waals surface area contributed by atoms with E-state index in [0.29, 0.717) is 6.41 Å². The van der Waals surface area contributed by atoms with Crippen LogP contribution in [0.15, 0.2) is 47.6 Å². The van der Waals surface area contributed by atoms with E-state index in [9.17, 15) is 9.18 Å². The summed E-state index contributed by atoms with van der Waals surface area (Å²) in [6.45, 7) is 3.96. The van der Waals surface area contributed by atoms with Gasteiger partial charge in [0.15, 0.2) is 0 Å². The molecule has 0 aliphatic heterocycles. The Labute approximate surface area is 129 Å². The Balaban J connectivity index is 2.30. The normalized spacial score (nSPS) is 11.3. The number of amides is 1. The Bertz CT molecular complexity index is 678. The average molecular weight is 298 g/mol. The van der Waals surface area contributed by atoms with Crippen LogP contribution >= 0.6 is 0 Å². The third-order valence-electron chi connectivity index (χ3n) is 3.46. The molecule has 0 bridgehead atoms. The molecule has 4 heteroatoms. The Kier molecular flexibility index (Phi) is 5.42. The first kappa shape index (κ1) is 15.9. The molecule has 0 heterocycles. The number of nitrogens with zero attached hydrogens (tertiary/aromatic N) is 1. The van der Waals surface area contributed by atoms with Crippen LogP contribution in [0.2, 0.25) is 0 Å². The molecule has 0 saturated heterocycles. The van der Waals surface area contributed by atoms with Gasteiger partial charge in [-0.15, -0.1) is 0 Å². The first-order chi connectivity index (χ1) is 10.7. The summed E-state index contributed by atoms with van der Waals surface area (Å²) in [7, 11) is 0. The summed E-state index contributed by atoms with van der Waals surface area (Å²) >= 11 is 0. The van der Waals surface area contributed by atoms with Gasteiger partial charge in [0.25, 0.3) is 0 Å². The largest absolute Gasteiger partial charge is 0.277 e. The lowest BCUT2D eigenvalue weighted by Crippen LogP contribution is -2.09. The van der Waals surface area contributed by atoms with Crippen molar-refractivity contribution in [3.63, 3.8) is 0 Å². The van der Waals surface area contributed by atoms with Crippen LogP contribution in [0.25, 0.3) is 11.1 Å². The Morgan fingerprint density at radius 3 is 2.55 bits per heavy atom. The lowest BCUT2D eigenvalue weighted by atomic mass is 9.97. The predicted molar refractivity (Wildman–Crippen MR) is 87.2 cm³/mol. The summed E-state index contributed by atoms with van der Waals surface area (Å²) in [5.41, 5.74) is 7.11. The molecule has 1 amide bonds. The fraction of sp³-hybridized carbons (Fsp3) is 0.222. The van der Waals surface area contributed by atoms with Crippen molar-refractivity contribution in [2.24, 2.45) is 5.10 Å².